The maximum atomic E-state index is 12.4. The van der Waals surface area contributed by atoms with E-state index in [2.05, 4.69) is 26.2 Å². The number of nitrogens with one attached hydrogen (secondary N) is 1. The van der Waals surface area contributed by atoms with Crippen LogP contribution in [0.2, 0.25) is 0 Å². The minimum absolute atomic E-state index is 0.137. The summed E-state index contributed by atoms with van der Waals surface area (Å²) in [6.45, 7) is 0.446. The second kappa shape index (κ2) is 7.84. The van der Waals surface area contributed by atoms with Crippen LogP contribution in [0.4, 0.5) is 0 Å². The topological polar surface area (TPSA) is 64.0 Å². The highest BCUT2D eigenvalue weighted by molar-refractivity contribution is 9.10. The number of benzene rings is 2. The zero-order valence-corrected chi connectivity index (χ0v) is 15.9. The zero-order valence-electron chi connectivity index (χ0n) is 13.5. The standard InChI is InChI=1S/C18H16BrN3O2S/c1-22-15-8-3-2-7-14(15)21-17(18(22)24)25-11-16(23)20-10-12-5-4-6-13(19)9-12/h2-9H,10-11H2,1H3,(H,20,23). The largest absolute Gasteiger partial charge is 0.351 e. The molecule has 1 N–H and O–H groups in total. The van der Waals surface area contributed by atoms with Crippen LogP contribution >= 0.6 is 27.7 Å². The smallest absolute Gasteiger partial charge is 0.283 e. The Labute approximate surface area is 157 Å². The lowest BCUT2D eigenvalue weighted by Gasteiger charge is -2.08. The van der Waals surface area contributed by atoms with Crippen molar-refractivity contribution in [1.82, 2.24) is 14.9 Å². The van der Waals surface area contributed by atoms with E-state index < -0.39 is 0 Å². The van der Waals surface area contributed by atoms with Crippen molar-refractivity contribution in [3.63, 3.8) is 0 Å². The van der Waals surface area contributed by atoms with Crippen molar-refractivity contribution in [2.75, 3.05) is 5.75 Å². The number of thioether (sulfide) groups is 1. The van der Waals surface area contributed by atoms with Crippen LogP contribution in [0.3, 0.4) is 0 Å². The lowest BCUT2D eigenvalue weighted by atomic mass is 10.2. The molecule has 1 aromatic heterocycles. The summed E-state index contributed by atoms with van der Waals surface area (Å²) in [5, 5.41) is 3.18. The zero-order chi connectivity index (χ0) is 17.8. The minimum Gasteiger partial charge on any atom is -0.351 e. The van der Waals surface area contributed by atoms with Gasteiger partial charge in [-0.1, -0.05) is 52.0 Å². The maximum absolute atomic E-state index is 12.4. The SMILES string of the molecule is Cn1c(=O)c(SCC(=O)NCc2cccc(Br)c2)nc2ccccc21. The van der Waals surface area contributed by atoms with Gasteiger partial charge in [0.1, 0.15) is 0 Å². The lowest BCUT2D eigenvalue weighted by molar-refractivity contribution is -0.118. The monoisotopic (exact) mass is 417 g/mol. The summed E-state index contributed by atoms with van der Waals surface area (Å²) in [5.41, 5.74) is 2.33. The van der Waals surface area contributed by atoms with Crippen LogP contribution in [-0.2, 0) is 18.4 Å². The van der Waals surface area contributed by atoms with Gasteiger partial charge in [0.2, 0.25) is 5.91 Å². The summed E-state index contributed by atoms with van der Waals surface area (Å²) >= 11 is 4.56. The lowest BCUT2D eigenvalue weighted by Crippen LogP contribution is -2.26. The molecular weight excluding hydrogens is 402 g/mol. The van der Waals surface area contributed by atoms with Crippen LogP contribution in [0.15, 0.2) is 62.8 Å². The number of aryl methyl sites for hydroxylation is 1. The van der Waals surface area contributed by atoms with Crippen molar-refractivity contribution in [3.05, 3.63) is 68.9 Å². The molecule has 0 unspecified atom stereocenters. The van der Waals surface area contributed by atoms with E-state index in [-0.39, 0.29) is 17.2 Å². The number of fused-ring (bicyclic) bond motifs is 1. The van der Waals surface area contributed by atoms with Crippen LogP contribution in [0, 0.1) is 0 Å². The van der Waals surface area contributed by atoms with Crippen molar-refractivity contribution in [2.24, 2.45) is 7.05 Å². The Morgan fingerprint density at radius 1 is 1.24 bits per heavy atom. The average molecular weight is 418 g/mol. The van der Waals surface area contributed by atoms with E-state index in [1.165, 1.54) is 0 Å². The molecule has 0 bridgehead atoms. The molecule has 128 valence electrons. The number of para-hydroxylation sites is 2. The van der Waals surface area contributed by atoms with E-state index in [0.29, 0.717) is 11.6 Å². The molecule has 0 aliphatic heterocycles. The normalized spacial score (nSPS) is 10.8. The molecule has 0 spiro atoms. The Balaban J connectivity index is 1.65. The molecular formula is C18H16BrN3O2S. The number of nitrogens with zero attached hydrogens (tertiary/aromatic N) is 2. The van der Waals surface area contributed by atoms with Crippen LogP contribution in [0.25, 0.3) is 11.0 Å². The van der Waals surface area contributed by atoms with E-state index >= 15 is 0 Å². The third-order valence-corrected chi connectivity index (χ3v) is 5.11. The predicted molar refractivity (Wildman–Crippen MR) is 104 cm³/mol. The number of aromatic nitrogens is 2. The number of rotatable bonds is 5. The molecule has 1 amide bonds. The van der Waals surface area contributed by atoms with E-state index in [1.807, 2.05) is 48.5 Å². The average Bonchev–Trinajstić information content (AvgIpc) is 2.62. The third-order valence-electron chi connectivity index (χ3n) is 3.67. The fourth-order valence-electron chi connectivity index (χ4n) is 2.38. The molecule has 1 heterocycles. The Kier molecular flexibility index (Phi) is 5.55. The van der Waals surface area contributed by atoms with Gasteiger partial charge < -0.3 is 9.88 Å². The van der Waals surface area contributed by atoms with Crippen molar-refractivity contribution in [1.29, 1.82) is 0 Å². The first-order valence-electron chi connectivity index (χ1n) is 7.64. The first-order chi connectivity index (χ1) is 12.0. The van der Waals surface area contributed by atoms with E-state index in [1.54, 1.807) is 11.6 Å². The van der Waals surface area contributed by atoms with Gasteiger partial charge in [-0.2, -0.15) is 0 Å². The Bertz CT molecular complexity index is 987. The van der Waals surface area contributed by atoms with Crippen molar-refractivity contribution < 1.29 is 4.79 Å². The molecule has 0 saturated heterocycles. The Morgan fingerprint density at radius 2 is 2.04 bits per heavy atom. The molecule has 7 heteroatoms. The second-order valence-electron chi connectivity index (χ2n) is 5.47. The molecule has 3 aromatic rings. The fourth-order valence-corrected chi connectivity index (χ4v) is 3.62. The van der Waals surface area contributed by atoms with E-state index in [9.17, 15) is 9.59 Å². The molecule has 5 nitrogen and oxygen atoms in total. The highest BCUT2D eigenvalue weighted by Crippen LogP contribution is 2.16. The first-order valence-corrected chi connectivity index (χ1v) is 9.42. The summed E-state index contributed by atoms with van der Waals surface area (Å²) in [5.74, 6) is 0.0104. The summed E-state index contributed by atoms with van der Waals surface area (Å²) in [6, 6.07) is 15.2. The van der Waals surface area contributed by atoms with E-state index in [4.69, 9.17) is 0 Å². The highest BCUT2D eigenvalue weighted by Gasteiger charge is 2.11. The van der Waals surface area contributed by atoms with Crippen molar-refractivity contribution in [3.8, 4) is 0 Å². The first kappa shape index (κ1) is 17.7. The molecule has 0 radical (unpaired) electrons. The summed E-state index contributed by atoms with van der Waals surface area (Å²) < 4.78 is 2.53. The number of carbonyl (C=O) groups excluding carboxylic acids is 1. The molecule has 0 saturated carbocycles. The maximum Gasteiger partial charge on any atom is 0.283 e. The van der Waals surface area contributed by atoms with Gasteiger partial charge in [0, 0.05) is 18.1 Å². The molecule has 0 fully saturated rings. The molecule has 3 rings (SSSR count). The molecule has 25 heavy (non-hydrogen) atoms. The van der Waals surface area contributed by atoms with Crippen LogP contribution in [0.5, 0.6) is 0 Å². The predicted octanol–water partition coefficient (Wildman–Crippen LogP) is 3.10. The quantitative estimate of drug-likeness (QED) is 0.647. The summed E-state index contributed by atoms with van der Waals surface area (Å²) in [7, 11) is 1.71. The van der Waals surface area contributed by atoms with Crippen LogP contribution in [0.1, 0.15) is 5.56 Å². The number of hydrogen-bond acceptors (Lipinski definition) is 4. The van der Waals surface area contributed by atoms with Gasteiger partial charge in [0.05, 0.1) is 16.8 Å². The van der Waals surface area contributed by atoms with Gasteiger partial charge in [-0.3, -0.25) is 9.59 Å². The van der Waals surface area contributed by atoms with Gasteiger partial charge in [-0.15, -0.1) is 0 Å². The van der Waals surface area contributed by atoms with Crippen LogP contribution in [-0.4, -0.2) is 21.2 Å². The molecule has 0 aliphatic carbocycles. The van der Waals surface area contributed by atoms with Gasteiger partial charge in [-0.05, 0) is 29.8 Å². The number of carbonyl (C=O) groups is 1. The van der Waals surface area contributed by atoms with Crippen LogP contribution < -0.4 is 10.9 Å². The van der Waals surface area contributed by atoms with Crippen molar-refractivity contribution >= 4 is 44.6 Å². The van der Waals surface area contributed by atoms with Gasteiger partial charge in [0.15, 0.2) is 5.03 Å². The van der Waals surface area contributed by atoms with Gasteiger partial charge in [-0.25, -0.2) is 4.98 Å². The minimum atomic E-state index is -0.191. The Hall–Kier alpha value is -2.12. The van der Waals surface area contributed by atoms with E-state index in [0.717, 1.165) is 32.8 Å². The second-order valence-corrected chi connectivity index (χ2v) is 7.34. The van der Waals surface area contributed by atoms with Gasteiger partial charge >= 0.3 is 0 Å². The molecule has 2 aromatic carbocycles. The summed E-state index contributed by atoms with van der Waals surface area (Å²) in [6.07, 6.45) is 0. The highest BCUT2D eigenvalue weighted by atomic mass is 79.9. The van der Waals surface area contributed by atoms with Gasteiger partial charge in [0.25, 0.3) is 5.56 Å². The number of halogens is 1. The summed E-state index contributed by atoms with van der Waals surface area (Å²) in [4.78, 5) is 28.8. The Morgan fingerprint density at radius 3 is 2.84 bits per heavy atom. The fraction of sp³-hybridized carbons (Fsp3) is 0.167. The number of hydrogen-bond donors (Lipinski definition) is 1. The molecule has 0 atom stereocenters. The number of amides is 1. The molecule has 0 aliphatic rings. The van der Waals surface area contributed by atoms with Crippen molar-refractivity contribution in [2.45, 2.75) is 11.6 Å². The third kappa shape index (κ3) is 4.29.